The van der Waals surface area contributed by atoms with Crippen LogP contribution in [0.25, 0.3) is 0 Å². The molecule has 1 aliphatic heterocycles. The normalized spacial score (nSPS) is 24.9. The highest BCUT2D eigenvalue weighted by molar-refractivity contribution is 5.83. The second-order valence-corrected chi connectivity index (χ2v) is 4.77. The Labute approximate surface area is 104 Å². The van der Waals surface area contributed by atoms with Crippen molar-refractivity contribution in [1.29, 1.82) is 0 Å². The van der Waals surface area contributed by atoms with Gasteiger partial charge in [-0.25, -0.2) is 0 Å². The third-order valence-electron chi connectivity index (χ3n) is 3.52. The molecule has 17 heavy (non-hydrogen) atoms. The van der Waals surface area contributed by atoms with Crippen LogP contribution in [0.2, 0.25) is 0 Å². The highest BCUT2D eigenvalue weighted by Gasteiger charge is 2.26. The number of rotatable bonds is 2. The van der Waals surface area contributed by atoms with Gasteiger partial charge in [-0.1, -0.05) is 12.5 Å². The van der Waals surface area contributed by atoms with Crippen molar-refractivity contribution in [2.75, 3.05) is 7.05 Å². The second-order valence-electron chi connectivity index (χ2n) is 4.77. The first-order valence-corrected chi connectivity index (χ1v) is 6.40. The third kappa shape index (κ3) is 2.21. The molecule has 2 rings (SSSR count). The van der Waals surface area contributed by atoms with Crippen molar-refractivity contribution in [1.82, 2.24) is 0 Å². The summed E-state index contributed by atoms with van der Waals surface area (Å²) in [5.41, 5.74) is 5.50. The van der Waals surface area contributed by atoms with Gasteiger partial charge in [0.15, 0.2) is 0 Å². The quantitative estimate of drug-likeness (QED) is 0.662. The monoisotopic (exact) mass is 231 g/mol. The van der Waals surface area contributed by atoms with Gasteiger partial charge in [0.2, 0.25) is 0 Å². The number of ether oxygens (including phenoxy) is 1. The second kappa shape index (κ2) is 4.91. The first-order chi connectivity index (χ1) is 8.17. The largest absolute Gasteiger partial charge is 0.486 e. The molecule has 0 fully saturated rings. The van der Waals surface area contributed by atoms with E-state index in [-0.39, 0.29) is 6.10 Å². The van der Waals surface area contributed by atoms with E-state index in [2.05, 4.69) is 31.8 Å². The van der Waals surface area contributed by atoms with Crippen molar-refractivity contribution < 1.29 is 4.74 Å². The van der Waals surface area contributed by atoms with Crippen LogP contribution in [0.4, 0.5) is 0 Å². The van der Waals surface area contributed by atoms with Crippen LogP contribution in [-0.2, 0) is 4.74 Å². The van der Waals surface area contributed by atoms with E-state index in [1.54, 1.807) is 0 Å². The highest BCUT2D eigenvalue weighted by atomic mass is 16.5. The van der Waals surface area contributed by atoms with E-state index in [1.165, 1.54) is 22.3 Å². The molecule has 2 nitrogen and oxygen atoms in total. The summed E-state index contributed by atoms with van der Waals surface area (Å²) in [6.07, 6.45) is 7.59. The van der Waals surface area contributed by atoms with Crippen molar-refractivity contribution in [3.8, 4) is 0 Å². The summed E-state index contributed by atoms with van der Waals surface area (Å²) in [6, 6.07) is 0. The van der Waals surface area contributed by atoms with Crippen LogP contribution in [0.15, 0.2) is 39.1 Å². The lowest BCUT2D eigenvalue weighted by Crippen LogP contribution is -2.22. The molecule has 0 amide bonds. The first-order valence-electron chi connectivity index (χ1n) is 6.40. The van der Waals surface area contributed by atoms with E-state index in [4.69, 9.17) is 4.74 Å². The summed E-state index contributed by atoms with van der Waals surface area (Å²) in [5, 5.41) is 0. The molecule has 1 aliphatic carbocycles. The topological polar surface area (TPSA) is 21.6 Å². The van der Waals surface area contributed by atoms with Gasteiger partial charge >= 0.3 is 0 Å². The molecule has 0 aromatic carbocycles. The van der Waals surface area contributed by atoms with E-state index >= 15 is 0 Å². The van der Waals surface area contributed by atoms with Gasteiger partial charge in [-0.05, 0) is 50.3 Å². The summed E-state index contributed by atoms with van der Waals surface area (Å²) >= 11 is 0. The molecule has 0 spiro atoms. The predicted octanol–water partition coefficient (Wildman–Crippen LogP) is 3.81. The number of aliphatic imine (C=N–C) groups is 1. The van der Waals surface area contributed by atoms with Crippen molar-refractivity contribution in [2.24, 2.45) is 4.99 Å². The summed E-state index contributed by atoms with van der Waals surface area (Å²) in [4.78, 5) is 4.16. The van der Waals surface area contributed by atoms with Crippen molar-refractivity contribution in [2.45, 2.75) is 46.1 Å². The molecule has 0 saturated carbocycles. The maximum Gasteiger partial charge on any atom is 0.123 e. The SMILES string of the molecule is CCC1=C(C=NC)C(C)OC2=C1CCC(C)=C2. The fourth-order valence-corrected chi connectivity index (χ4v) is 2.65. The molecule has 2 heteroatoms. The Balaban J connectivity index is 2.50. The Morgan fingerprint density at radius 1 is 1.47 bits per heavy atom. The maximum absolute atomic E-state index is 6.01. The molecule has 1 atom stereocenters. The first kappa shape index (κ1) is 12.2. The molecule has 92 valence electrons. The van der Waals surface area contributed by atoms with Crippen LogP contribution in [0.1, 0.15) is 40.0 Å². The van der Waals surface area contributed by atoms with E-state index in [9.17, 15) is 0 Å². The van der Waals surface area contributed by atoms with Gasteiger partial charge in [0, 0.05) is 18.8 Å². The third-order valence-corrected chi connectivity index (χ3v) is 3.52. The summed E-state index contributed by atoms with van der Waals surface area (Å²) in [6.45, 7) is 6.50. The zero-order valence-electron chi connectivity index (χ0n) is 11.2. The van der Waals surface area contributed by atoms with Gasteiger partial charge in [-0.15, -0.1) is 0 Å². The average Bonchev–Trinajstić information content (AvgIpc) is 2.30. The van der Waals surface area contributed by atoms with Gasteiger partial charge in [-0.2, -0.15) is 0 Å². The minimum absolute atomic E-state index is 0.120. The van der Waals surface area contributed by atoms with Crippen LogP contribution in [0.5, 0.6) is 0 Å². The zero-order valence-corrected chi connectivity index (χ0v) is 11.2. The molecule has 1 heterocycles. The van der Waals surface area contributed by atoms with Crippen LogP contribution in [0, 0.1) is 0 Å². The van der Waals surface area contributed by atoms with E-state index < -0.39 is 0 Å². The fourth-order valence-electron chi connectivity index (χ4n) is 2.65. The number of allylic oxidation sites excluding steroid dienone is 4. The number of hydrogen-bond acceptors (Lipinski definition) is 2. The fraction of sp³-hybridized carbons (Fsp3) is 0.533. The van der Waals surface area contributed by atoms with Crippen molar-refractivity contribution in [3.63, 3.8) is 0 Å². The van der Waals surface area contributed by atoms with Crippen LogP contribution < -0.4 is 0 Å². The zero-order chi connectivity index (χ0) is 12.4. The Bertz CT molecular complexity index is 438. The molecule has 0 saturated heterocycles. The molecule has 0 aromatic rings. The van der Waals surface area contributed by atoms with Gasteiger partial charge in [0.1, 0.15) is 11.9 Å². The number of hydrogen-bond donors (Lipinski definition) is 0. The summed E-state index contributed by atoms with van der Waals surface area (Å²) in [5.74, 6) is 1.09. The maximum atomic E-state index is 6.01. The summed E-state index contributed by atoms with van der Waals surface area (Å²) < 4.78 is 6.01. The Kier molecular flexibility index (Phi) is 3.51. The molecule has 0 aromatic heterocycles. The molecule has 0 bridgehead atoms. The Morgan fingerprint density at radius 2 is 2.24 bits per heavy atom. The molecular weight excluding hydrogens is 210 g/mol. The van der Waals surface area contributed by atoms with E-state index in [1.807, 2.05) is 13.3 Å². The minimum atomic E-state index is 0.120. The minimum Gasteiger partial charge on any atom is -0.486 e. The van der Waals surface area contributed by atoms with E-state index in [0.717, 1.165) is 25.0 Å². The lowest BCUT2D eigenvalue weighted by atomic mass is 9.85. The van der Waals surface area contributed by atoms with Crippen LogP contribution in [-0.4, -0.2) is 19.4 Å². The average molecular weight is 231 g/mol. The predicted molar refractivity (Wildman–Crippen MR) is 72.3 cm³/mol. The standard InChI is InChI=1S/C15H21NO/c1-5-12-13-7-6-10(2)8-15(13)17-11(3)14(12)9-16-4/h8-9,11H,5-7H2,1-4H3. The molecule has 0 radical (unpaired) electrons. The molecule has 1 unspecified atom stereocenters. The number of nitrogens with zero attached hydrogens (tertiary/aromatic N) is 1. The van der Waals surface area contributed by atoms with Crippen molar-refractivity contribution in [3.05, 3.63) is 34.1 Å². The van der Waals surface area contributed by atoms with Gasteiger partial charge in [0.25, 0.3) is 0 Å². The van der Waals surface area contributed by atoms with Gasteiger partial charge < -0.3 is 4.74 Å². The Hall–Kier alpha value is -1.31. The van der Waals surface area contributed by atoms with Crippen LogP contribution in [0.3, 0.4) is 0 Å². The lowest BCUT2D eigenvalue weighted by Gasteiger charge is -2.31. The summed E-state index contributed by atoms with van der Waals surface area (Å²) in [7, 11) is 1.82. The van der Waals surface area contributed by atoms with Crippen molar-refractivity contribution >= 4 is 6.21 Å². The van der Waals surface area contributed by atoms with E-state index in [0.29, 0.717) is 0 Å². The van der Waals surface area contributed by atoms with Gasteiger partial charge in [0.05, 0.1) is 0 Å². The smallest absolute Gasteiger partial charge is 0.123 e. The molecular formula is C15H21NO. The highest BCUT2D eigenvalue weighted by Crippen LogP contribution is 2.37. The molecule has 2 aliphatic rings. The lowest BCUT2D eigenvalue weighted by molar-refractivity contribution is 0.164. The van der Waals surface area contributed by atoms with Crippen LogP contribution >= 0.6 is 0 Å². The van der Waals surface area contributed by atoms with Gasteiger partial charge in [-0.3, -0.25) is 4.99 Å². The molecule has 0 N–H and O–H groups in total. The Morgan fingerprint density at radius 3 is 2.88 bits per heavy atom.